The van der Waals surface area contributed by atoms with Crippen molar-refractivity contribution in [2.24, 2.45) is 0 Å². The fourth-order valence-electron chi connectivity index (χ4n) is 1.85. The number of imidazole rings is 1. The molecule has 0 aliphatic heterocycles. The first-order valence-corrected chi connectivity index (χ1v) is 6.85. The van der Waals surface area contributed by atoms with Crippen molar-refractivity contribution in [3.05, 3.63) is 40.1 Å². The molecule has 18 heavy (non-hydrogen) atoms. The van der Waals surface area contributed by atoms with Gasteiger partial charge in [-0.1, -0.05) is 6.07 Å². The molecule has 4 heteroatoms. The van der Waals surface area contributed by atoms with Gasteiger partial charge in [-0.05, 0) is 61.3 Å². The molecule has 0 radical (unpaired) electrons. The van der Waals surface area contributed by atoms with Crippen LogP contribution in [-0.4, -0.2) is 15.6 Å². The van der Waals surface area contributed by atoms with Gasteiger partial charge in [0.25, 0.3) is 0 Å². The summed E-state index contributed by atoms with van der Waals surface area (Å²) in [6, 6.07) is 6.68. The average Bonchev–Trinajstić information content (AvgIpc) is 2.58. The highest BCUT2D eigenvalue weighted by Crippen LogP contribution is 2.26. The van der Waals surface area contributed by atoms with E-state index < -0.39 is 0 Å². The molecule has 1 heterocycles. The average molecular weight is 308 g/mol. The van der Waals surface area contributed by atoms with Crippen LogP contribution in [0.25, 0.3) is 5.69 Å². The summed E-state index contributed by atoms with van der Waals surface area (Å²) in [6.45, 7) is 8.31. The zero-order valence-electron chi connectivity index (χ0n) is 11.2. The van der Waals surface area contributed by atoms with Gasteiger partial charge in [0.05, 0.1) is 11.4 Å². The highest BCUT2D eigenvalue weighted by atomic mass is 79.9. The third-order valence-corrected chi connectivity index (χ3v) is 3.24. The van der Waals surface area contributed by atoms with Crippen molar-refractivity contribution < 1.29 is 0 Å². The molecule has 1 aromatic carbocycles. The Labute approximate surface area is 116 Å². The Morgan fingerprint density at radius 2 is 2.00 bits per heavy atom. The van der Waals surface area contributed by atoms with Crippen molar-refractivity contribution in [1.29, 1.82) is 0 Å². The monoisotopic (exact) mass is 307 g/mol. The van der Waals surface area contributed by atoms with Crippen LogP contribution in [0.5, 0.6) is 0 Å². The first kappa shape index (κ1) is 13.1. The molecule has 0 unspecified atom stereocenters. The van der Waals surface area contributed by atoms with Crippen LogP contribution in [0.4, 0.5) is 5.95 Å². The fourth-order valence-corrected chi connectivity index (χ4v) is 2.53. The first-order chi connectivity index (χ1) is 8.47. The highest BCUT2D eigenvalue weighted by Gasteiger charge is 2.10. The predicted octanol–water partition coefficient (Wildman–Crippen LogP) is 4.07. The smallest absolute Gasteiger partial charge is 0.207 e. The van der Waals surface area contributed by atoms with Gasteiger partial charge in [0.15, 0.2) is 0 Å². The SMILES string of the molecule is Cc1ccc(-n2cc(C)nc2NC(C)C)c(Br)c1. The minimum absolute atomic E-state index is 0.356. The molecule has 2 rings (SSSR count). The van der Waals surface area contributed by atoms with E-state index in [0.29, 0.717) is 6.04 Å². The van der Waals surface area contributed by atoms with E-state index in [1.165, 1.54) is 5.56 Å². The van der Waals surface area contributed by atoms with Crippen LogP contribution in [-0.2, 0) is 0 Å². The molecule has 3 nitrogen and oxygen atoms in total. The molecule has 0 amide bonds. The number of hydrogen-bond donors (Lipinski definition) is 1. The molecule has 2 aromatic rings. The number of nitrogens with zero attached hydrogens (tertiary/aromatic N) is 2. The van der Waals surface area contributed by atoms with E-state index in [-0.39, 0.29) is 0 Å². The fraction of sp³-hybridized carbons (Fsp3) is 0.357. The van der Waals surface area contributed by atoms with E-state index in [2.05, 4.69) is 69.8 Å². The molecule has 0 atom stereocenters. The van der Waals surface area contributed by atoms with Crippen LogP contribution in [0, 0.1) is 13.8 Å². The second kappa shape index (κ2) is 5.14. The van der Waals surface area contributed by atoms with Crippen molar-refractivity contribution in [3.8, 4) is 5.69 Å². The van der Waals surface area contributed by atoms with E-state index in [0.717, 1.165) is 21.8 Å². The van der Waals surface area contributed by atoms with Crippen LogP contribution in [0.2, 0.25) is 0 Å². The van der Waals surface area contributed by atoms with Crippen molar-refractivity contribution in [3.63, 3.8) is 0 Å². The molecule has 0 aliphatic carbocycles. The minimum Gasteiger partial charge on any atom is -0.353 e. The summed E-state index contributed by atoms with van der Waals surface area (Å²) in [5.74, 6) is 0.882. The number of anilines is 1. The number of aryl methyl sites for hydroxylation is 2. The lowest BCUT2D eigenvalue weighted by molar-refractivity contribution is 0.863. The van der Waals surface area contributed by atoms with E-state index in [4.69, 9.17) is 0 Å². The summed E-state index contributed by atoms with van der Waals surface area (Å²) in [6.07, 6.45) is 2.04. The van der Waals surface area contributed by atoms with Crippen LogP contribution >= 0.6 is 15.9 Å². The van der Waals surface area contributed by atoms with Gasteiger partial charge in [-0.25, -0.2) is 4.98 Å². The third kappa shape index (κ3) is 2.75. The maximum Gasteiger partial charge on any atom is 0.207 e. The predicted molar refractivity (Wildman–Crippen MR) is 79.5 cm³/mol. The summed E-state index contributed by atoms with van der Waals surface area (Å²) in [7, 11) is 0. The summed E-state index contributed by atoms with van der Waals surface area (Å²) in [5.41, 5.74) is 3.34. The molecule has 0 spiro atoms. The molecule has 1 N–H and O–H groups in total. The van der Waals surface area contributed by atoms with E-state index in [1.807, 2.05) is 13.1 Å². The maximum atomic E-state index is 4.52. The summed E-state index contributed by atoms with van der Waals surface area (Å²) in [5, 5.41) is 3.37. The molecule has 0 aliphatic rings. The quantitative estimate of drug-likeness (QED) is 0.926. The van der Waals surface area contributed by atoms with Crippen LogP contribution in [0.15, 0.2) is 28.9 Å². The summed E-state index contributed by atoms with van der Waals surface area (Å²) in [4.78, 5) is 4.52. The van der Waals surface area contributed by atoms with Gasteiger partial charge in [0.2, 0.25) is 5.95 Å². The number of rotatable bonds is 3. The molecule has 1 aromatic heterocycles. The topological polar surface area (TPSA) is 29.9 Å². The standard InChI is InChI=1S/C14H18BrN3/c1-9(2)16-14-17-11(4)8-18(14)13-6-5-10(3)7-12(13)15/h5-9H,1-4H3,(H,16,17). The zero-order chi connectivity index (χ0) is 13.3. The van der Waals surface area contributed by atoms with Crippen LogP contribution < -0.4 is 5.32 Å². The molecule has 0 fully saturated rings. The van der Waals surface area contributed by atoms with Gasteiger partial charge in [0, 0.05) is 16.7 Å². The van der Waals surface area contributed by atoms with Gasteiger partial charge in [-0.2, -0.15) is 0 Å². The lowest BCUT2D eigenvalue weighted by atomic mass is 10.2. The number of aromatic nitrogens is 2. The summed E-state index contributed by atoms with van der Waals surface area (Å²) >= 11 is 3.62. The molecule has 0 saturated carbocycles. The summed E-state index contributed by atoms with van der Waals surface area (Å²) < 4.78 is 3.16. The van der Waals surface area contributed by atoms with E-state index >= 15 is 0 Å². The number of hydrogen-bond acceptors (Lipinski definition) is 2. The molecule has 96 valence electrons. The Hall–Kier alpha value is -1.29. The lowest BCUT2D eigenvalue weighted by Gasteiger charge is -2.13. The maximum absolute atomic E-state index is 4.52. The normalized spacial score (nSPS) is 11.0. The Morgan fingerprint density at radius 3 is 2.61 bits per heavy atom. The van der Waals surface area contributed by atoms with Gasteiger partial charge in [-0.15, -0.1) is 0 Å². The second-order valence-electron chi connectivity index (χ2n) is 4.83. The minimum atomic E-state index is 0.356. The van der Waals surface area contributed by atoms with E-state index in [1.54, 1.807) is 0 Å². The Bertz CT molecular complexity index is 558. The van der Waals surface area contributed by atoms with Gasteiger partial charge in [0.1, 0.15) is 0 Å². The number of nitrogens with one attached hydrogen (secondary N) is 1. The van der Waals surface area contributed by atoms with Crippen LogP contribution in [0.3, 0.4) is 0 Å². The largest absolute Gasteiger partial charge is 0.353 e. The Kier molecular flexibility index (Phi) is 3.76. The third-order valence-electron chi connectivity index (χ3n) is 2.61. The van der Waals surface area contributed by atoms with Crippen molar-refractivity contribution >= 4 is 21.9 Å². The zero-order valence-corrected chi connectivity index (χ0v) is 12.7. The van der Waals surface area contributed by atoms with Crippen molar-refractivity contribution in [2.45, 2.75) is 33.7 Å². The number of benzene rings is 1. The van der Waals surface area contributed by atoms with E-state index in [9.17, 15) is 0 Å². The molecular formula is C14H18BrN3. The van der Waals surface area contributed by atoms with Gasteiger partial charge in [-0.3, -0.25) is 4.57 Å². The van der Waals surface area contributed by atoms with Gasteiger partial charge >= 0.3 is 0 Å². The Morgan fingerprint density at radius 1 is 1.28 bits per heavy atom. The molecular weight excluding hydrogens is 290 g/mol. The van der Waals surface area contributed by atoms with Crippen LogP contribution in [0.1, 0.15) is 25.1 Å². The van der Waals surface area contributed by atoms with Crippen molar-refractivity contribution in [1.82, 2.24) is 9.55 Å². The highest BCUT2D eigenvalue weighted by molar-refractivity contribution is 9.10. The second-order valence-corrected chi connectivity index (χ2v) is 5.68. The van der Waals surface area contributed by atoms with Crippen molar-refractivity contribution in [2.75, 3.05) is 5.32 Å². The molecule has 0 bridgehead atoms. The molecule has 0 saturated heterocycles. The number of halogens is 1. The lowest BCUT2D eigenvalue weighted by Crippen LogP contribution is -2.14. The Balaban J connectivity index is 2.49. The van der Waals surface area contributed by atoms with Gasteiger partial charge < -0.3 is 5.32 Å². The first-order valence-electron chi connectivity index (χ1n) is 6.06.